The maximum Gasteiger partial charge on any atom is 0.0885 e. The average molecular weight is 156 g/mol. The van der Waals surface area contributed by atoms with Crippen molar-refractivity contribution in [2.24, 2.45) is 5.73 Å². The van der Waals surface area contributed by atoms with E-state index >= 15 is 0 Å². The molecular weight excluding hydrogens is 144 g/mol. The van der Waals surface area contributed by atoms with Crippen molar-refractivity contribution in [3.63, 3.8) is 0 Å². The fraction of sp³-hybridized carbons (Fsp3) is 0.429. The zero-order valence-corrected chi connectivity index (χ0v) is 6.86. The summed E-state index contributed by atoms with van der Waals surface area (Å²) in [6.45, 7) is 2.88. The quantitative estimate of drug-likeness (QED) is 0.385. The molecule has 0 spiro atoms. The van der Waals surface area contributed by atoms with E-state index in [0.717, 1.165) is 12.2 Å². The van der Waals surface area contributed by atoms with Crippen molar-refractivity contribution in [2.75, 3.05) is 6.54 Å². The molecule has 0 aromatic rings. The highest BCUT2D eigenvalue weighted by molar-refractivity contribution is 7.81. The van der Waals surface area contributed by atoms with Gasteiger partial charge >= 0.3 is 0 Å². The molecule has 0 amide bonds. The monoisotopic (exact) mass is 156 g/mol. The van der Waals surface area contributed by atoms with Crippen molar-refractivity contribution in [1.29, 1.82) is 0 Å². The first kappa shape index (κ1) is 7.69. The summed E-state index contributed by atoms with van der Waals surface area (Å²) in [5, 5.41) is 2.98. The minimum absolute atomic E-state index is 0.176. The lowest BCUT2D eigenvalue weighted by molar-refractivity contribution is 0.812. The molecule has 0 bridgehead atoms. The Hall–Kier alpha value is -0.410. The molecule has 3 N–H and O–H groups in total. The van der Waals surface area contributed by atoms with E-state index < -0.39 is 0 Å². The van der Waals surface area contributed by atoms with Crippen molar-refractivity contribution in [3.8, 4) is 0 Å². The molecule has 0 aliphatic carbocycles. The molecule has 2 nitrogen and oxygen atoms in total. The fourth-order valence-corrected chi connectivity index (χ4v) is 1.27. The van der Waals surface area contributed by atoms with Crippen molar-refractivity contribution in [3.05, 3.63) is 23.4 Å². The molecule has 0 aromatic carbocycles. The Balaban J connectivity index is 2.79. The molecule has 1 aliphatic heterocycles. The van der Waals surface area contributed by atoms with Gasteiger partial charge in [-0.3, -0.25) is 0 Å². The fourth-order valence-electron chi connectivity index (χ4n) is 0.972. The summed E-state index contributed by atoms with van der Waals surface area (Å²) < 4.78 is 0. The molecule has 3 heteroatoms. The number of rotatable bonds is 1. The van der Waals surface area contributed by atoms with Gasteiger partial charge in [0, 0.05) is 12.2 Å². The average Bonchev–Trinajstić information content (AvgIpc) is 1.88. The number of thiol groups is 1. The molecule has 1 unspecified atom stereocenters. The number of dihydropyridines is 1. The highest BCUT2D eigenvalue weighted by Gasteiger charge is 2.07. The Kier molecular flexibility index (Phi) is 2.40. The van der Waals surface area contributed by atoms with E-state index in [0.29, 0.717) is 0 Å². The van der Waals surface area contributed by atoms with Gasteiger partial charge in [-0.25, -0.2) is 0 Å². The van der Waals surface area contributed by atoms with Crippen molar-refractivity contribution < 1.29 is 0 Å². The van der Waals surface area contributed by atoms with Crippen LogP contribution in [-0.4, -0.2) is 11.9 Å². The lowest BCUT2D eigenvalue weighted by Gasteiger charge is -2.17. The van der Waals surface area contributed by atoms with Crippen molar-refractivity contribution in [1.82, 2.24) is 5.32 Å². The van der Waals surface area contributed by atoms with Crippen LogP contribution < -0.4 is 11.1 Å². The zero-order valence-electron chi connectivity index (χ0n) is 5.96. The summed E-state index contributed by atoms with van der Waals surface area (Å²) in [5.41, 5.74) is 7.78. The van der Waals surface area contributed by atoms with E-state index in [1.165, 1.54) is 5.57 Å². The van der Waals surface area contributed by atoms with Gasteiger partial charge in [0.15, 0.2) is 0 Å². The van der Waals surface area contributed by atoms with Crippen LogP contribution in [0.15, 0.2) is 23.4 Å². The van der Waals surface area contributed by atoms with E-state index in [2.05, 4.69) is 30.1 Å². The second-order valence-electron chi connectivity index (χ2n) is 2.32. The zero-order chi connectivity index (χ0) is 7.56. The number of hydrogen-bond acceptors (Lipinski definition) is 3. The minimum atomic E-state index is -0.176. The molecule has 1 rings (SSSR count). The number of nitrogens with two attached hydrogens (primary N) is 1. The third-order valence-corrected chi connectivity index (χ3v) is 1.76. The van der Waals surface area contributed by atoms with Gasteiger partial charge in [-0.1, -0.05) is 12.2 Å². The van der Waals surface area contributed by atoms with Gasteiger partial charge < -0.3 is 11.1 Å². The summed E-state index contributed by atoms with van der Waals surface area (Å²) in [6, 6.07) is 0. The molecule has 1 heterocycles. The van der Waals surface area contributed by atoms with Crippen LogP contribution in [0.4, 0.5) is 0 Å². The van der Waals surface area contributed by atoms with E-state index in [-0.39, 0.29) is 5.37 Å². The predicted octanol–water partition coefficient (Wildman–Crippen LogP) is 0.634. The Morgan fingerprint density at radius 1 is 1.80 bits per heavy atom. The summed E-state index contributed by atoms with van der Waals surface area (Å²) in [4.78, 5) is 0. The van der Waals surface area contributed by atoms with Crippen molar-refractivity contribution in [2.45, 2.75) is 12.3 Å². The Bertz CT molecular complexity index is 182. The normalized spacial score (nSPS) is 20.7. The second kappa shape index (κ2) is 3.12. The van der Waals surface area contributed by atoms with Crippen LogP contribution in [0.2, 0.25) is 0 Å². The summed E-state index contributed by atoms with van der Waals surface area (Å²) >= 11 is 4.12. The van der Waals surface area contributed by atoms with Crippen LogP contribution in [-0.2, 0) is 0 Å². The topological polar surface area (TPSA) is 38.0 Å². The lowest BCUT2D eigenvalue weighted by Crippen LogP contribution is -2.29. The molecular formula is C7H12N2S. The maximum absolute atomic E-state index is 5.57. The van der Waals surface area contributed by atoms with E-state index in [4.69, 9.17) is 5.73 Å². The van der Waals surface area contributed by atoms with Crippen molar-refractivity contribution >= 4 is 12.6 Å². The Morgan fingerprint density at radius 2 is 2.50 bits per heavy atom. The Labute approximate surface area is 66.6 Å². The van der Waals surface area contributed by atoms with Gasteiger partial charge in [-0.05, 0) is 12.5 Å². The second-order valence-corrected chi connectivity index (χ2v) is 2.88. The van der Waals surface area contributed by atoms with Gasteiger partial charge in [0.2, 0.25) is 0 Å². The molecule has 1 aliphatic rings. The Morgan fingerprint density at radius 3 is 2.90 bits per heavy atom. The maximum atomic E-state index is 5.57. The molecule has 0 saturated heterocycles. The molecule has 1 atom stereocenters. The molecule has 10 heavy (non-hydrogen) atoms. The van der Waals surface area contributed by atoms with Gasteiger partial charge in [0.1, 0.15) is 0 Å². The van der Waals surface area contributed by atoms with Crippen LogP contribution >= 0.6 is 12.6 Å². The van der Waals surface area contributed by atoms with Gasteiger partial charge in [0.25, 0.3) is 0 Å². The first-order valence-corrected chi connectivity index (χ1v) is 3.78. The summed E-state index contributed by atoms with van der Waals surface area (Å²) in [7, 11) is 0. The molecule has 0 fully saturated rings. The van der Waals surface area contributed by atoms with Gasteiger partial charge in [-0.2, -0.15) is 12.6 Å². The molecule has 0 saturated carbocycles. The van der Waals surface area contributed by atoms with Gasteiger partial charge in [0.05, 0.1) is 5.37 Å². The summed E-state index contributed by atoms with van der Waals surface area (Å²) in [5.74, 6) is 0. The SMILES string of the molecule is CC1=C(C(N)S)NCC=C1. The first-order valence-electron chi connectivity index (χ1n) is 3.26. The van der Waals surface area contributed by atoms with E-state index in [9.17, 15) is 0 Å². The third-order valence-electron chi connectivity index (χ3n) is 1.50. The molecule has 0 aromatic heterocycles. The lowest BCUT2D eigenvalue weighted by atomic mass is 10.1. The number of allylic oxidation sites excluding steroid dienone is 2. The standard InChI is InChI=1S/C7H12N2S/c1-5-3-2-4-9-6(5)7(8)10/h2-3,7,9-10H,4,8H2,1H3. The summed E-state index contributed by atoms with van der Waals surface area (Å²) in [6.07, 6.45) is 4.12. The third kappa shape index (κ3) is 1.55. The largest absolute Gasteiger partial charge is 0.383 e. The highest BCUT2D eigenvalue weighted by atomic mass is 32.1. The van der Waals surface area contributed by atoms with E-state index in [1.807, 2.05) is 6.92 Å². The predicted molar refractivity (Wildman–Crippen MR) is 46.8 cm³/mol. The van der Waals surface area contributed by atoms with Gasteiger partial charge in [-0.15, -0.1) is 0 Å². The minimum Gasteiger partial charge on any atom is -0.383 e. The van der Waals surface area contributed by atoms with E-state index in [1.54, 1.807) is 0 Å². The van der Waals surface area contributed by atoms with Crippen LogP contribution in [0, 0.1) is 0 Å². The van der Waals surface area contributed by atoms with Crippen LogP contribution in [0.25, 0.3) is 0 Å². The smallest absolute Gasteiger partial charge is 0.0885 e. The molecule has 56 valence electrons. The first-order chi connectivity index (χ1) is 4.72. The van der Waals surface area contributed by atoms with Crippen LogP contribution in [0.3, 0.4) is 0 Å². The number of nitrogens with one attached hydrogen (secondary N) is 1. The molecule has 0 radical (unpaired) electrons. The highest BCUT2D eigenvalue weighted by Crippen LogP contribution is 2.11. The number of hydrogen-bond donors (Lipinski definition) is 3. The van der Waals surface area contributed by atoms with Crippen LogP contribution in [0.1, 0.15) is 6.92 Å². The van der Waals surface area contributed by atoms with Crippen LogP contribution in [0.5, 0.6) is 0 Å².